The van der Waals surface area contributed by atoms with Crippen LogP contribution in [-0.2, 0) is 17.5 Å². The Bertz CT molecular complexity index is 983. The number of nitrogens with one attached hydrogen (secondary N) is 1. The number of oxazole rings is 1. The van der Waals surface area contributed by atoms with E-state index in [0.29, 0.717) is 31.7 Å². The Hall–Kier alpha value is -3.24. The first-order valence-corrected chi connectivity index (χ1v) is 10.1. The Morgan fingerprint density at radius 3 is 2.66 bits per heavy atom. The highest BCUT2D eigenvalue weighted by atomic mass is 19.4. The molecule has 1 spiro atoms. The fraction of sp³-hybridized carbons (Fsp3) is 0.476. The molecule has 2 fully saturated rings. The molecular weight excluding hydrogens is 431 g/mol. The molecule has 0 bridgehead atoms. The lowest BCUT2D eigenvalue weighted by Gasteiger charge is -2.44. The quantitative estimate of drug-likeness (QED) is 0.743. The molecule has 1 saturated carbocycles. The van der Waals surface area contributed by atoms with Gasteiger partial charge in [-0.3, -0.25) is 4.79 Å². The predicted molar refractivity (Wildman–Crippen MR) is 104 cm³/mol. The Morgan fingerprint density at radius 1 is 1.28 bits per heavy atom. The SMILES string of the molecule is CNC(=O)c1coc(COC(=O)N2CCC3(CC(Oc4ccc(C(F)(F)F)cc4)C3)C2)n1. The first kappa shape index (κ1) is 22.0. The zero-order chi connectivity index (χ0) is 22.9. The van der Waals surface area contributed by atoms with Gasteiger partial charge in [-0.05, 0) is 48.9 Å². The molecule has 0 unspecified atom stereocenters. The summed E-state index contributed by atoms with van der Waals surface area (Å²) in [4.78, 5) is 29.4. The topological polar surface area (TPSA) is 93.9 Å². The highest BCUT2D eigenvalue weighted by Gasteiger charge is 2.51. The summed E-state index contributed by atoms with van der Waals surface area (Å²) in [5.74, 6) is 0.125. The lowest BCUT2D eigenvalue weighted by atomic mass is 9.66. The van der Waals surface area contributed by atoms with Crippen molar-refractivity contribution in [2.24, 2.45) is 5.41 Å². The van der Waals surface area contributed by atoms with E-state index in [2.05, 4.69) is 10.3 Å². The van der Waals surface area contributed by atoms with Crippen LogP contribution in [0.3, 0.4) is 0 Å². The molecule has 1 aromatic carbocycles. The Labute approximate surface area is 181 Å². The number of hydrogen-bond donors (Lipinski definition) is 1. The largest absolute Gasteiger partial charge is 0.490 e. The van der Waals surface area contributed by atoms with E-state index >= 15 is 0 Å². The Morgan fingerprint density at radius 2 is 2.00 bits per heavy atom. The third-order valence-corrected chi connectivity index (χ3v) is 5.83. The maximum atomic E-state index is 12.7. The Balaban J connectivity index is 1.22. The normalized spacial score (nSPS) is 22.5. The highest BCUT2D eigenvalue weighted by molar-refractivity contribution is 5.91. The lowest BCUT2D eigenvalue weighted by Crippen LogP contribution is -2.46. The maximum Gasteiger partial charge on any atom is 0.416 e. The van der Waals surface area contributed by atoms with Crippen LogP contribution >= 0.6 is 0 Å². The van der Waals surface area contributed by atoms with Gasteiger partial charge in [-0.1, -0.05) is 0 Å². The molecule has 0 radical (unpaired) electrons. The molecule has 32 heavy (non-hydrogen) atoms. The fourth-order valence-electron chi connectivity index (χ4n) is 4.15. The van der Waals surface area contributed by atoms with Crippen LogP contribution in [-0.4, -0.2) is 48.1 Å². The van der Waals surface area contributed by atoms with Gasteiger partial charge < -0.3 is 24.1 Å². The highest BCUT2D eigenvalue weighted by Crippen LogP contribution is 2.49. The third-order valence-electron chi connectivity index (χ3n) is 5.83. The first-order chi connectivity index (χ1) is 15.2. The number of carbonyl (C=O) groups excluding carboxylic acids is 2. The zero-order valence-electron chi connectivity index (χ0n) is 17.3. The van der Waals surface area contributed by atoms with Crippen LogP contribution in [0, 0.1) is 5.41 Å². The van der Waals surface area contributed by atoms with Gasteiger partial charge in [0.05, 0.1) is 11.7 Å². The number of halogens is 3. The number of carbonyl (C=O) groups is 2. The minimum atomic E-state index is -4.37. The van der Waals surface area contributed by atoms with E-state index in [0.717, 1.165) is 18.6 Å². The number of ether oxygens (including phenoxy) is 2. The average Bonchev–Trinajstić information content (AvgIpc) is 3.39. The van der Waals surface area contributed by atoms with Gasteiger partial charge in [0.2, 0.25) is 5.89 Å². The zero-order valence-corrected chi connectivity index (χ0v) is 17.3. The number of alkyl halides is 3. The second-order valence-electron chi connectivity index (χ2n) is 8.10. The van der Waals surface area contributed by atoms with Crippen LogP contribution in [0.25, 0.3) is 0 Å². The molecule has 2 aliphatic rings. The van der Waals surface area contributed by atoms with Crippen molar-refractivity contribution in [1.82, 2.24) is 15.2 Å². The van der Waals surface area contributed by atoms with E-state index in [-0.39, 0.29) is 29.7 Å². The molecule has 172 valence electrons. The van der Waals surface area contributed by atoms with E-state index in [4.69, 9.17) is 13.9 Å². The molecule has 2 aromatic rings. The minimum Gasteiger partial charge on any atom is -0.490 e. The predicted octanol–water partition coefficient (Wildman–Crippen LogP) is 3.62. The second kappa shape index (κ2) is 8.36. The summed E-state index contributed by atoms with van der Waals surface area (Å²) in [7, 11) is 1.47. The Kier molecular flexibility index (Phi) is 5.74. The molecule has 1 aliphatic carbocycles. The lowest BCUT2D eigenvalue weighted by molar-refractivity contribution is -0.137. The van der Waals surface area contributed by atoms with Gasteiger partial charge in [-0.25, -0.2) is 9.78 Å². The smallest absolute Gasteiger partial charge is 0.416 e. The molecule has 1 saturated heterocycles. The van der Waals surface area contributed by atoms with Crippen molar-refractivity contribution < 1.29 is 36.7 Å². The van der Waals surface area contributed by atoms with Gasteiger partial charge in [0.1, 0.15) is 12.0 Å². The molecule has 1 aromatic heterocycles. The number of likely N-dealkylation sites (tertiary alicyclic amines) is 1. The van der Waals surface area contributed by atoms with Crippen LogP contribution in [0.15, 0.2) is 34.9 Å². The summed E-state index contributed by atoms with van der Waals surface area (Å²) in [6.45, 7) is 0.883. The molecule has 2 heterocycles. The van der Waals surface area contributed by atoms with E-state index in [1.807, 2.05) is 0 Å². The minimum absolute atomic E-state index is 0.0646. The average molecular weight is 453 g/mol. The second-order valence-corrected chi connectivity index (χ2v) is 8.10. The van der Waals surface area contributed by atoms with Crippen LogP contribution < -0.4 is 10.1 Å². The summed E-state index contributed by atoms with van der Waals surface area (Å²) in [6, 6.07) is 4.65. The summed E-state index contributed by atoms with van der Waals surface area (Å²) in [5.41, 5.74) is -0.674. The van der Waals surface area contributed by atoms with Gasteiger partial charge in [-0.15, -0.1) is 0 Å². The van der Waals surface area contributed by atoms with Crippen molar-refractivity contribution in [2.75, 3.05) is 20.1 Å². The van der Waals surface area contributed by atoms with Gasteiger partial charge >= 0.3 is 12.3 Å². The number of amides is 2. The first-order valence-electron chi connectivity index (χ1n) is 10.1. The number of benzene rings is 1. The van der Waals surface area contributed by atoms with Crippen molar-refractivity contribution in [3.05, 3.63) is 47.7 Å². The molecule has 11 heteroatoms. The summed E-state index contributed by atoms with van der Waals surface area (Å²) >= 11 is 0. The van der Waals surface area contributed by atoms with Crippen molar-refractivity contribution in [1.29, 1.82) is 0 Å². The fourth-order valence-corrected chi connectivity index (χ4v) is 4.15. The van der Waals surface area contributed by atoms with Crippen molar-refractivity contribution in [2.45, 2.75) is 38.1 Å². The van der Waals surface area contributed by atoms with Gasteiger partial charge in [-0.2, -0.15) is 13.2 Å². The van der Waals surface area contributed by atoms with Gasteiger partial charge in [0, 0.05) is 20.1 Å². The molecule has 2 amide bonds. The molecular formula is C21H22F3N3O5. The van der Waals surface area contributed by atoms with Crippen molar-refractivity contribution >= 4 is 12.0 Å². The molecule has 0 atom stereocenters. The van der Waals surface area contributed by atoms with Crippen LogP contribution in [0.5, 0.6) is 5.75 Å². The van der Waals surface area contributed by atoms with Crippen LogP contribution in [0.2, 0.25) is 0 Å². The van der Waals surface area contributed by atoms with Crippen molar-refractivity contribution in [3.8, 4) is 5.75 Å². The van der Waals surface area contributed by atoms with Crippen LogP contribution in [0.1, 0.15) is 41.2 Å². The van der Waals surface area contributed by atoms with Crippen LogP contribution in [0.4, 0.5) is 18.0 Å². The molecule has 1 aliphatic heterocycles. The maximum absolute atomic E-state index is 12.7. The van der Waals surface area contributed by atoms with Gasteiger partial charge in [0.25, 0.3) is 5.91 Å². The number of aromatic nitrogens is 1. The number of nitrogens with zero attached hydrogens (tertiary/aromatic N) is 2. The third kappa shape index (κ3) is 4.66. The summed E-state index contributed by atoms with van der Waals surface area (Å²) < 4.78 is 54.1. The van der Waals surface area contributed by atoms with E-state index in [1.165, 1.54) is 25.4 Å². The molecule has 8 nitrogen and oxygen atoms in total. The molecule has 4 rings (SSSR count). The number of hydrogen-bond acceptors (Lipinski definition) is 6. The monoisotopic (exact) mass is 453 g/mol. The van der Waals surface area contributed by atoms with Gasteiger partial charge in [0.15, 0.2) is 12.3 Å². The molecule has 1 N–H and O–H groups in total. The number of rotatable bonds is 5. The standard InChI is InChI=1S/C21H22F3N3O5/c1-25-18(28)16-10-30-17(26-16)11-31-19(29)27-7-6-20(12-27)8-15(9-20)32-14-4-2-13(3-5-14)21(22,23)24/h2-5,10,15H,6-9,11-12H2,1H3,(H,25,28). The van der Waals surface area contributed by atoms with E-state index < -0.39 is 23.7 Å². The summed E-state index contributed by atoms with van der Waals surface area (Å²) in [5, 5.41) is 2.42. The summed E-state index contributed by atoms with van der Waals surface area (Å²) in [6.07, 6.45) is -1.54. The van der Waals surface area contributed by atoms with Crippen molar-refractivity contribution in [3.63, 3.8) is 0 Å². The van der Waals surface area contributed by atoms with E-state index in [9.17, 15) is 22.8 Å². The van der Waals surface area contributed by atoms with E-state index in [1.54, 1.807) is 4.90 Å².